The largest absolute Gasteiger partial charge is 0.497 e. The standard InChI is InChI=1S/C15H19NO3/c1-9-12-4-3-11(17-2)7-13(12)19-15(9)14(16)10-5-6-18-8-10/h3-4,7,10,14H,5-6,8,16H2,1-2H3. The van der Waals surface area contributed by atoms with Gasteiger partial charge in [0.25, 0.3) is 0 Å². The number of nitrogens with two attached hydrogens (primary N) is 1. The summed E-state index contributed by atoms with van der Waals surface area (Å²) in [6, 6.07) is 5.78. The minimum atomic E-state index is -0.0964. The molecule has 1 aromatic carbocycles. The van der Waals surface area contributed by atoms with Crippen molar-refractivity contribution < 1.29 is 13.9 Å². The minimum Gasteiger partial charge on any atom is -0.497 e. The lowest BCUT2D eigenvalue weighted by molar-refractivity contribution is 0.178. The maximum atomic E-state index is 6.33. The van der Waals surface area contributed by atoms with E-state index < -0.39 is 0 Å². The molecule has 4 nitrogen and oxygen atoms in total. The van der Waals surface area contributed by atoms with Gasteiger partial charge in [-0.25, -0.2) is 0 Å². The third-order valence-corrected chi connectivity index (χ3v) is 3.96. The first kappa shape index (κ1) is 12.5. The second-order valence-corrected chi connectivity index (χ2v) is 5.10. The highest BCUT2D eigenvalue weighted by molar-refractivity contribution is 5.83. The molecule has 0 spiro atoms. The second kappa shape index (κ2) is 4.87. The summed E-state index contributed by atoms with van der Waals surface area (Å²) in [6.07, 6.45) is 1.00. The smallest absolute Gasteiger partial charge is 0.138 e. The Morgan fingerprint density at radius 1 is 1.42 bits per heavy atom. The lowest BCUT2D eigenvalue weighted by Gasteiger charge is -2.15. The van der Waals surface area contributed by atoms with Gasteiger partial charge in [-0.05, 0) is 31.0 Å². The molecular formula is C15H19NO3. The summed E-state index contributed by atoms with van der Waals surface area (Å²) in [5.41, 5.74) is 8.29. The topological polar surface area (TPSA) is 57.6 Å². The van der Waals surface area contributed by atoms with Crippen LogP contribution in [-0.2, 0) is 4.74 Å². The molecular weight excluding hydrogens is 242 g/mol. The van der Waals surface area contributed by atoms with E-state index in [9.17, 15) is 0 Å². The molecule has 1 fully saturated rings. The predicted molar refractivity (Wildman–Crippen MR) is 73.4 cm³/mol. The fraction of sp³-hybridized carbons (Fsp3) is 0.467. The Bertz CT molecular complexity index is 584. The Kier molecular flexibility index (Phi) is 3.21. The maximum absolute atomic E-state index is 6.33. The zero-order valence-electron chi connectivity index (χ0n) is 11.3. The number of methoxy groups -OCH3 is 1. The van der Waals surface area contributed by atoms with Crippen molar-refractivity contribution in [3.05, 3.63) is 29.5 Å². The van der Waals surface area contributed by atoms with E-state index in [1.54, 1.807) is 7.11 Å². The van der Waals surface area contributed by atoms with E-state index in [4.69, 9.17) is 19.6 Å². The molecule has 2 heterocycles. The van der Waals surface area contributed by atoms with Crippen LogP contribution in [0.5, 0.6) is 5.75 Å². The molecule has 2 atom stereocenters. The van der Waals surface area contributed by atoms with Gasteiger partial charge < -0.3 is 19.6 Å². The van der Waals surface area contributed by atoms with Crippen LogP contribution in [0, 0.1) is 12.8 Å². The fourth-order valence-electron chi connectivity index (χ4n) is 2.72. The highest BCUT2D eigenvalue weighted by Crippen LogP contribution is 2.35. The molecule has 2 aromatic rings. The first-order valence-corrected chi connectivity index (χ1v) is 6.61. The van der Waals surface area contributed by atoms with Gasteiger partial charge in [0.1, 0.15) is 17.1 Å². The summed E-state index contributed by atoms with van der Waals surface area (Å²) in [6.45, 7) is 3.58. The number of ether oxygens (including phenoxy) is 2. The molecule has 1 aliphatic rings. The summed E-state index contributed by atoms with van der Waals surface area (Å²) in [5.74, 6) is 2.02. The Morgan fingerprint density at radius 2 is 2.26 bits per heavy atom. The number of fused-ring (bicyclic) bond motifs is 1. The molecule has 3 rings (SSSR count). The SMILES string of the molecule is COc1ccc2c(C)c(C(N)C3CCOC3)oc2c1. The second-order valence-electron chi connectivity index (χ2n) is 5.10. The number of aryl methyl sites for hydroxylation is 1. The number of hydrogen-bond donors (Lipinski definition) is 1. The maximum Gasteiger partial charge on any atom is 0.138 e. The van der Waals surface area contributed by atoms with Gasteiger partial charge in [0.2, 0.25) is 0 Å². The van der Waals surface area contributed by atoms with Gasteiger partial charge in [0, 0.05) is 24.0 Å². The Balaban J connectivity index is 2.01. The van der Waals surface area contributed by atoms with Crippen molar-refractivity contribution in [1.82, 2.24) is 0 Å². The van der Waals surface area contributed by atoms with E-state index in [0.717, 1.165) is 47.7 Å². The van der Waals surface area contributed by atoms with Crippen molar-refractivity contribution in [3.8, 4) is 5.75 Å². The van der Waals surface area contributed by atoms with Crippen LogP contribution in [0.15, 0.2) is 22.6 Å². The predicted octanol–water partition coefficient (Wildman–Crippen LogP) is 2.79. The molecule has 102 valence electrons. The first-order valence-electron chi connectivity index (χ1n) is 6.61. The lowest BCUT2D eigenvalue weighted by atomic mass is 9.95. The molecule has 0 radical (unpaired) electrons. The molecule has 1 aromatic heterocycles. The number of rotatable bonds is 3. The Morgan fingerprint density at radius 3 is 2.95 bits per heavy atom. The molecule has 0 bridgehead atoms. The lowest BCUT2D eigenvalue weighted by Crippen LogP contribution is -2.21. The van der Waals surface area contributed by atoms with Crippen LogP contribution in [0.2, 0.25) is 0 Å². The summed E-state index contributed by atoms with van der Waals surface area (Å²) < 4.78 is 16.6. The summed E-state index contributed by atoms with van der Waals surface area (Å²) in [4.78, 5) is 0. The third kappa shape index (κ3) is 2.11. The van der Waals surface area contributed by atoms with Crippen LogP contribution in [-0.4, -0.2) is 20.3 Å². The number of benzene rings is 1. The van der Waals surface area contributed by atoms with Crippen LogP contribution >= 0.6 is 0 Å². The van der Waals surface area contributed by atoms with Gasteiger partial charge in [0.15, 0.2) is 0 Å². The van der Waals surface area contributed by atoms with Crippen LogP contribution in [0.4, 0.5) is 0 Å². The average Bonchev–Trinajstić information content (AvgIpc) is 3.06. The van der Waals surface area contributed by atoms with Gasteiger partial charge in [-0.2, -0.15) is 0 Å². The highest BCUT2D eigenvalue weighted by Gasteiger charge is 2.28. The molecule has 2 N–H and O–H groups in total. The van der Waals surface area contributed by atoms with E-state index in [-0.39, 0.29) is 6.04 Å². The Hall–Kier alpha value is -1.52. The molecule has 19 heavy (non-hydrogen) atoms. The van der Waals surface area contributed by atoms with Gasteiger partial charge in [-0.1, -0.05) is 0 Å². The van der Waals surface area contributed by atoms with E-state index in [0.29, 0.717) is 5.92 Å². The first-order chi connectivity index (χ1) is 9.20. The van der Waals surface area contributed by atoms with Gasteiger partial charge in [0.05, 0.1) is 19.8 Å². The number of hydrogen-bond acceptors (Lipinski definition) is 4. The monoisotopic (exact) mass is 261 g/mol. The molecule has 0 aliphatic carbocycles. The van der Waals surface area contributed by atoms with Crippen molar-refractivity contribution in [2.75, 3.05) is 20.3 Å². The molecule has 4 heteroatoms. The van der Waals surface area contributed by atoms with Gasteiger partial charge in [-0.15, -0.1) is 0 Å². The summed E-state index contributed by atoms with van der Waals surface area (Å²) in [7, 11) is 1.65. The van der Waals surface area contributed by atoms with E-state index in [1.165, 1.54) is 0 Å². The minimum absolute atomic E-state index is 0.0964. The van der Waals surface area contributed by atoms with Gasteiger partial charge >= 0.3 is 0 Å². The highest BCUT2D eigenvalue weighted by atomic mass is 16.5. The normalized spacial score (nSPS) is 20.9. The quantitative estimate of drug-likeness (QED) is 0.923. The average molecular weight is 261 g/mol. The van der Waals surface area contributed by atoms with E-state index in [1.807, 2.05) is 18.2 Å². The van der Waals surface area contributed by atoms with E-state index >= 15 is 0 Å². The number of furan rings is 1. The van der Waals surface area contributed by atoms with Crippen molar-refractivity contribution >= 4 is 11.0 Å². The summed E-state index contributed by atoms with van der Waals surface area (Å²) >= 11 is 0. The zero-order chi connectivity index (χ0) is 13.4. The third-order valence-electron chi connectivity index (χ3n) is 3.96. The van der Waals surface area contributed by atoms with Gasteiger partial charge in [-0.3, -0.25) is 0 Å². The van der Waals surface area contributed by atoms with E-state index in [2.05, 4.69) is 6.92 Å². The summed E-state index contributed by atoms with van der Waals surface area (Å²) in [5, 5.41) is 1.10. The van der Waals surface area contributed by atoms with Crippen molar-refractivity contribution in [2.24, 2.45) is 11.7 Å². The van der Waals surface area contributed by atoms with Crippen LogP contribution in [0.25, 0.3) is 11.0 Å². The van der Waals surface area contributed by atoms with Crippen LogP contribution < -0.4 is 10.5 Å². The molecule has 0 saturated carbocycles. The molecule has 1 aliphatic heterocycles. The van der Waals surface area contributed by atoms with Crippen molar-refractivity contribution in [2.45, 2.75) is 19.4 Å². The van der Waals surface area contributed by atoms with Crippen molar-refractivity contribution in [1.29, 1.82) is 0 Å². The molecule has 1 saturated heterocycles. The zero-order valence-corrected chi connectivity index (χ0v) is 11.3. The molecule has 0 amide bonds. The van der Waals surface area contributed by atoms with Crippen LogP contribution in [0.1, 0.15) is 23.8 Å². The Labute approximate surface area is 112 Å². The van der Waals surface area contributed by atoms with Crippen molar-refractivity contribution in [3.63, 3.8) is 0 Å². The fourth-order valence-corrected chi connectivity index (χ4v) is 2.72. The van der Waals surface area contributed by atoms with Crippen LogP contribution in [0.3, 0.4) is 0 Å². The molecule has 2 unspecified atom stereocenters.